The molecule has 0 aromatic heterocycles. The van der Waals surface area contributed by atoms with E-state index in [-0.39, 0.29) is 16.5 Å². The summed E-state index contributed by atoms with van der Waals surface area (Å²) in [4.78, 5) is 11.9. The van der Waals surface area contributed by atoms with Gasteiger partial charge in [-0.25, -0.2) is 13.6 Å². The number of nitrogens with two attached hydrogens (primary N) is 1. The minimum Gasteiger partial charge on any atom is -0.349 e. The molecule has 0 heterocycles. The third-order valence-electron chi connectivity index (χ3n) is 2.76. The zero-order chi connectivity index (χ0) is 13.8. The van der Waals surface area contributed by atoms with Gasteiger partial charge >= 0.3 is 0 Å². The van der Waals surface area contributed by atoms with Gasteiger partial charge in [0.15, 0.2) is 0 Å². The highest BCUT2D eigenvalue weighted by atomic mass is 32.2. The highest BCUT2D eigenvalue weighted by Crippen LogP contribution is 2.14. The van der Waals surface area contributed by atoms with Crippen LogP contribution >= 0.6 is 0 Å². The third-order valence-corrected chi connectivity index (χ3v) is 3.73. The van der Waals surface area contributed by atoms with Crippen LogP contribution in [0.3, 0.4) is 0 Å². The quantitative estimate of drug-likeness (QED) is 0.844. The highest BCUT2D eigenvalue weighted by Gasteiger charge is 2.19. The fourth-order valence-corrected chi connectivity index (χ4v) is 2.39. The Morgan fingerprint density at radius 3 is 2.33 bits per heavy atom. The first-order valence-corrected chi connectivity index (χ1v) is 7.37. The molecular formula is C12H18N2O3S. The summed E-state index contributed by atoms with van der Waals surface area (Å²) in [6, 6.07) is 5.96. The average Bonchev–Trinajstić information content (AvgIpc) is 2.34. The van der Waals surface area contributed by atoms with Crippen molar-refractivity contribution in [3.8, 4) is 0 Å². The molecule has 0 saturated heterocycles. The van der Waals surface area contributed by atoms with Crippen molar-refractivity contribution < 1.29 is 13.2 Å². The van der Waals surface area contributed by atoms with Crippen molar-refractivity contribution in [2.45, 2.75) is 37.6 Å². The number of carbonyl (C=O) groups excluding carboxylic acids is 1. The van der Waals surface area contributed by atoms with Gasteiger partial charge in [-0.15, -0.1) is 0 Å². The molecule has 0 aliphatic carbocycles. The van der Waals surface area contributed by atoms with Gasteiger partial charge in [-0.1, -0.05) is 26.0 Å². The lowest BCUT2D eigenvalue weighted by Gasteiger charge is -2.15. The van der Waals surface area contributed by atoms with Crippen LogP contribution in [0.4, 0.5) is 0 Å². The predicted molar refractivity (Wildman–Crippen MR) is 69.7 cm³/mol. The largest absolute Gasteiger partial charge is 0.349 e. The van der Waals surface area contributed by atoms with E-state index >= 15 is 0 Å². The number of carbonyl (C=O) groups is 1. The van der Waals surface area contributed by atoms with E-state index in [2.05, 4.69) is 5.32 Å². The number of amides is 1. The first-order valence-electron chi connectivity index (χ1n) is 5.82. The molecule has 3 N–H and O–H groups in total. The van der Waals surface area contributed by atoms with E-state index in [4.69, 9.17) is 5.14 Å². The lowest BCUT2D eigenvalue weighted by molar-refractivity contribution is 0.0931. The summed E-state index contributed by atoms with van der Waals surface area (Å²) >= 11 is 0. The Morgan fingerprint density at radius 1 is 1.28 bits per heavy atom. The summed E-state index contributed by atoms with van der Waals surface area (Å²) in [7, 11) is -3.89. The number of hydrogen-bond acceptors (Lipinski definition) is 3. The molecule has 0 unspecified atom stereocenters. The van der Waals surface area contributed by atoms with E-state index in [1.165, 1.54) is 18.2 Å². The Kier molecular flexibility index (Phi) is 4.86. The van der Waals surface area contributed by atoms with Crippen LogP contribution in [0.5, 0.6) is 0 Å². The van der Waals surface area contributed by atoms with Gasteiger partial charge in [-0.05, 0) is 25.0 Å². The van der Waals surface area contributed by atoms with Crippen LogP contribution in [0.15, 0.2) is 29.2 Å². The summed E-state index contributed by atoms with van der Waals surface area (Å²) in [5, 5.41) is 7.87. The van der Waals surface area contributed by atoms with E-state index in [0.717, 1.165) is 12.8 Å². The van der Waals surface area contributed by atoms with Crippen molar-refractivity contribution in [3.05, 3.63) is 29.8 Å². The molecule has 1 rings (SSSR count). The van der Waals surface area contributed by atoms with E-state index in [0.29, 0.717) is 0 Å². The zero-order valence-corrected chi connectivity index (χ0v) is 11.3. The molecule has 0 bridgehead atoms. The summed E-state index contributed by atoms with van der Waals surface area (Å²) in [6.07, 6.45) is 1.58. The molecule has 0 aliphatic rings. The molecule has 0 spiro atoms. The average molecular weight is 270 g/mol. The fraction of sp³-hybridized carbons (Fsp3) is 0.417. The van der Waals surface area contributed by atoms with Crippen LogP contribution < -0.4 is 10.5 Å². The Hall–Kier alpha value is -1.40. The van der Waals surface area contributed by atoms with Crippen LogP contribution in [0.25, 0.3) is 0 Å². The van der Waals surface area contributed by atoms with Gasteiger partial charge in [0.2, 0.25) is 10.0 Å². The van der Waals surface area contributed by atoms with E-state index < -0.39 is 15.9 Å². The number of benzene rings is 1. The zero-order valence-electron chi connectivity index (χ0n) is 10.5. The van der Waals surface area contributed by atoms with Crippen molar-refractivity contribution in [1.29, 1.82) is 0 Å². The van der Waals surface area contributed by atoms with Gasteiger partial charge in [-0.3, -0.25) is 4.79 Å². The van der Waals surface area contributed by atoms with Crippen molar-refractivity contribution in [3.63, 3.8) is 0 Å². The SMILES string of the molecule is CCC(CC)NC(=O)c1ccccc1S(N)(=O)=O. The first kappa shape index (κ1) is 14.7. The fourth-order valence-electron chi connectivity index (χ4n) is 1.66. The molecule has 100 valence electrons. The molecule has 6 heteroatoms. The summed E-state index contributed by atoms with van der Waals surface area (Å²) in [5.41, 5.74) is 0.0897. The molecule has 5 nitrogen and oxygen atoms in total. The molecule has 1 aromatic rings. The van der Waals surface area contributed by atoms with E-state index in [1.807, 2.05) is 13.8 Å². The molecule has 0 atom stereocenters. The number of sulfonamides is 1. The maximum absolute atomic E-state index is 12.0. The lowest BCUT2D eigenvalue weighted by atomic mass is 10.1. The van der Waals surface area contributed by atoms with E-state index in [1.54, 1.807) is 6.07 Å². The normalized spacial score (nSPS) is 11.6. The molecule has 0 radical (unpaired) electrons. The number of primary sulfonamides is 1. The second kappa shape index (κ2) is 5.97. The second-order valence-corrected chi connectivity index (χ2v) is 5.56. The third kappa shape index (κ3) is 3.54. The maximum Gasteiger partial charge on any atom is 0.252 e. The molecule has 18 heavy (non-hydrogen) atoms. The first-order chi connectivity index (χ1) is 8.40. The second-order valence-electron chi connectivity index (χ2n) is 4.03. The van der Waals surface area contributed by atoms with E-state index in [9.17, 15) is 13.2 Å². The molecular weight excluding hydrogens is 252 g/mol. The molecule has 0 saturated carbocycles. The van der Waals surface area contributed by atoms with Crippen LogP contribution in [0.2, 0.25) is 0 Å². The smallest absolute Gasteiger partial charge is 0.252 e. The minimum atomic E-state index is -3.89. The Balaban J connectivity index is 3.07. The van der Waals surface area contributed by atoms with Crippen LogP contribution in [0, 0.1) is 0 Å². The number of nitrogens with one attached hydrogen (secondary N) is 1. The topological polar surface area (TPSA) is 89.3 Å². The van der Waals surface area contributed by atoms with Crippen LogP contribution in [0.1, 0.15) is 37.0 Å². The Morgan fingerprint density at radius 2 is 1.83 bits per heavy atom. The summed E-state index contributed by atoms with van der Waals surface area (Å²) in [5.74, 6) is -0.409. The molecule has 0 aliphatic heterocycles. The molecule has 1 aromatic carbocycles. The monoisotopic (exact) mass is 270 g/mol. The Labute approximate surface area is 107 Å². The van der Waals surface area contributed by atoms with Gasteiger partial charge in [0, 0.05) is 6.04 Å². The highest BCUT2D eigenvalue weighted by molar-refractivity contribution is 7.89. The standard InChI is InChI=1S/C12H18N2O3S/c1-3-9(4-2)14-12(15)10-7-5-6-8-11(10)18(13,16)17/h5-9H,3-4H2,1-2H3,(H,14,15)(H2,13,16,17). The summed E-state index contributed by atoms with van der Waals surface area (Å²) in [6.45, 7) is 3.92. The number of rotatable bonds is 5. The van der Waals surface area contributed by atoms with Crippen LogP contribution in [-0.4, -0.2) is 20.4 Å². The Bertz CT molecular complexity index is 522. The van der Waals surface area contributed by atoms with Gasteiger partial charge in [0.25, 0.3) is 5.91 Å². The van der Waals surface area contributed by atoms with Crippen molar-refractivity contribution >= 4 is 15.9 Å². The van der Waals surface area contributed by atoms with Gasteiger partial charge < -0.3 is 5.32 Å². The molecule has 0 fully saturated rings. The van der Waals surface area contributed by atoms with Crippen molar-refractivity contribution in [2.24, 2.45) is 5.14 Å². The van der Waals surface area contributed by atoms with Gasteiger partial charge in [0.05, 0.1) is 10.5 Å². The number of hydrogen-bond donors (Lipinski definition) is 2. The molecule has 1 amide bonds. The van der Waals surface area contributed by atoms with Gasteiger partial charge in [0.1, 0.15) is 0 Å². The van der Waals surface area contributed by atoms with Crippen molar-refractivity contribution in [2.75, 3.05) is 0 Å². The lowest BCUT2D eigenvalue weighted by Crippen LogP contribution is -2.35. The van der Waals surface area contributed by atoms with Gasteiger partial charge in [-0.2, -0.15) is 0 Å². The predicted octanol–water partition coefficient (Wildman–Crippen LogP) is 1.25. The maximum atomic E-state index is 12.0. The summed E-state index contributed by atoms with van der Waals surface area (Å²) < 4.78 is 22.8. The minimum absolute atomic E-state index is 0.0334. The van der Waals surface area contributed by atoms with Crippen LogP contribution in [-0.2, 0) is 10.0 Å². The van der Waals surface area contributed by atoms with Crippen molar-refractivity contribution in [1.82, 2.24) is 5.32 Å².